The van der Waals surface area contributed by atoms with Gasteiger partial charge in [0.1, 0.15) is 22.8 Å². The summed E-state index contributed by atoms with van der Waals surface area (Å²) in [4.78, 5) is 11.9. The second kappa shape index (κ2) is 7.67. The van der Waals surface area contributed by atoms with Crippen molar-refractivity contribution in [3.05, 3.63) is 59.7 Å². The Hall–Kier alpha value is -3.42. The van der Waals surface area contributed by atoms with Crippen molar-refractivity contribution in [1.29, 1.82) is 0 Å². The third-order valence-electron chi connectivity index (χ3n) is 4.04. The molecule has 0 fully saturated rings. The first kappa shape index (κ1) is 19.3. The summed E-state index contributed by atoms with van der Waals surface area (Å²) in [5, 5.41) is 4.41. The van der Waals surface area contributed by atoms with E-state index in [-0.39, 0.29) is 23.0 Å². The van der Waals surface area contributed by atoms with E-state index < -0.39 is 23.3 Å². The van der Waals surface area contributed by atoms with Crippen LogP contribution in [0.5, 0.6) is 11.5 Å². The fraction of sp³-hybridized carbons (Fsp3) is 0.200. The number of anilines is 1. The summed E-state index contributed by atoms with van der Waals surface area (Å²) in [5.41, 5.74) is 12.6. The maximum Gasteiger partial charge on any atom is 0.254 e. The number of benzene rings is 2. The highest BCUT2D eigenvalue weighted by atomic mass is 19.1. The molecule has 0 saturated heterocycles. The molecule has 0 bridgehead atoms. The van der Waals surface area contributed by atoms with Gasteiger partial charge in [-0.15, -0.1) is 0 Å². The Labute approximate surface area is 160 Å². The smallest absolute Gasteiger partial charge is 0.254 e. The van der Waals surface area contributed by atoms with Crippen molar-refractivity contribution in [3.8, 4) is 22.8 Å². The average Bonchev–Trinajstić information content (AvgIpc) is 2.95. The molecule has 0 saturated carbocycles. The number of primary amides is 1. The number of halogens is 2. The Bertz CT molecular complexity index is 994. The lowest BCUT2D eigenvalue weighted by Gasteiger charge is -2.08. The molecule has 1 aromatic heterocycles. The third kappa shape index (κ3) is 3.80. The minimum Gasteiger partial charge on any atom is -0.451 e. The fourth-order valence-corrected chi connectivity index (χ4v) is 2.78. The predicted molar refractivity (Wildman–Crippen MR) is 102 cm³/mol. The van der Waals surface area contributed by atoms with Crippen LogP contribution in [0, 0.1) is 17.6 Å². The highest BCUT2D eigenvalue weighted by Crippen LogP contribution is 2.31. The summed E-state index contributed by atoms with van der Waals surface area (Å²) < 4.78 is 34.3. The van der Waals surface area contributed by atoms with Gasteiger partial charge in [-0.3, -0.25) is 4.79 Å². The molecule has 146 valence electrons. The number of hydrogen-bond donors (Lipinski definition) is 2. The lowest BCUT2D eigenvalue weighted by atomic mass is 10.1. The molecule has 6 nitrogen and oxygen atoms in total. The van der Waals surface area contributed by atoms with Crippen molar-refractivity contribution in [2.75, 3.05) is 5.73 Å². The second-order valence-electron chi connectivity index (χ2n) is 6.73. The average molecular weight is 386 g/mol. The number of carbonyl (C=O) groups excluding carboxylic acids is 1. The highest BCUT2D eigenvalue weighted by Gasteiger charge is 2.22. The first-order valence-corrected chi connectivity index (χ1v) is 8.66. The summed E-state index contributed by atoms with van der Waals surface area (Å²) >= 11 is 0. The van der Waals surface area contributed by atoms with Crippen molar-refractivity contribution < 1.29 is 18.3 Å². The summed E-state index contributed by atoms with van der Waals surface area (Å²) in [5.74, 6) is -2.09. The molecule has 28 heavy (non-hydrogen) atoms. The summed E-state index contributed by atoms with van der Waals surface area (Å²) in [6.07, 6.45) is 0. The van der Waals surface area contributed by atoms with Gasteiger partial charge in [0.25, 0.3) is 5.91 Å². The molecule has 1 heterocycles. The van der Waals surface area contributed by atoms with Crippen LogP contribution >= 0.6 is 0 Å². The normalized spacial score (nSPS) is 11.0. The van der Waals surface area contributed by atoms with Gasteiger partial charge in [-0.1, -0.05) is 19.9 Å². The Morgan fingerprint density at radius 3 is 2.29 bits per heavy atom. The Balaban J connectivity index is 1.94. The number of ether oxygens (including phenoxy) is 1. The van der Waals surface area contributed by atoms with E-state index in [2.05, 4.69) is 5.10 Å². The molecular weight excluding hydrogens is 366 g/mol. The molecule has 3 aromatic rings. The zero-order valence-corrected chi connectivity index (χ0v) is 15.4. The zero-order chi connectivity index (χ0) is 20.4. The number of carbonyl (C=O) groups is 1. The number of aromatic nitrogens is 2. The minimum absolute atomic E-state index is 0.134. The van der Waals surface area contributed by atoms with E-state index >= 15 is 0 Å². The molecule has 8 heteroatoms. The molecular formula is C20H20F2N4O2. The van der Waals surface area contributed by atoms with E-state index in [1.54, 1.807) is 16.8 Å². The first-order chi connectivity index (χ1) is 13.3. The van der Waals surface area contributed by atoms with Crippen molar-refractivity contribution in [2.45, 2.75) is 20.4 Å². The minimum atomic E-state index is -0.805. The van der Waals surface area contributed by atoms with Crippen LogP contribution in [-0.4, -0.2) is 15.7 Å². The topological polar surface area (TPSA) is 96.2 Å². The number of hydrogen-bond acceptors (Lipinski definition) is 4. The molecule has 0 aliphatic carbocycles. The predicted octanol–water partition coefficient (Wildman–Crippen LogP) is 3.96. The summed E-state index contributed by atoms with van der Waals surface area (Å²) in [6, 6.07) is 9.73. The molecule has 0 atom stereocenters. The Morgan fingerprint density at radius 1 is 1.14 bits per heavy atom. The zero-order valence-electron chi connectivity index (χ0n) is 15.4. The van der Waals surface area contributed by atoms with Crippen molar-refractivity contribution in [1.82, 2.24) is 9.78 Å². The van der Waals surface area contributed by atoms with Crippen LogP contribution in [0.3, 0.4) is 0 Å². The van der Waals surface area contributed by atoms with Crippen molar-refractivity contribution in [3.63, 3.8) is 0 Å². The van der Waals surface area contributed by atoms with Crippen LogP contribution in [-0.2, 0) is 6.54 Å². The van der Waals surface area contributed by atoms with E-state index in [0.717, 1.165) is 12.1 Å². The molecule has 0 unspecified atom stereocenters. The number of amides is 1. The number of rotatable bonds is 6. The lowest BCUT2D eigenvalue weighted by molar-refractivity contribution is 0.100. The maximum absolute atomic E-state index is 13.7. The van der Waals surface area contributed by atoms with Gasteiger partial charge in [0.15, 0.2) is 17.4 Å². The number of para-hydroxylation sites is 1. The second-order valence-corrected chi connectivity index (χ2v) is 6.73. The van der Waals surface area contributed by atoms with Gasteiger partial charge in [0.05, 0.1) is 0 Å². The molecule has 0 radical (unpaired) electrons. The van der Waals surface area contributed by atoms with Crippen molar-refractivity contribution >= 4 is 11.7 Å². The van der Waals surface area contributed by atoms with E-state index in [0.29, 0.717) is 17.8 Å². The van der Waals surface area contributed by atoms with Crippen LogP contribution in [0.4, 0.5) is 14.6 Å². The van der Waals surface area contributed by atoms with E-state index in [4.69, 9.17) is 16.2 Å². The maximum atomic E-state index is 13.7. The van der Waals surface area contributed by atoms with Crippen LogP contribution in [0.1, 0.15) is 24.2 Å². The van der Waals surface area contributed by atoms with E-state index in [9.17, 15) is 13.6 Å². The standard InChI is InChI=1S/C20H20F2N4O2/c1-11(2)10-26-19(23)16(20(24)27)17(25-26)12-6-8-13(9-7-12)28-18-14(21)4-3-5-15(18)22/h3-9,11H,10,23H2,1-2H3,(H2,24,27). The third-order valence-corrected chi connectivity index (χ3v) is 4.04. The van der Waals surface area contributed by atoms with Gasteiger partial charge in [-0.2, -0.15) is 5.10 Å². The molecule has 0 aliphatic heterocycles. The van der Waals surface area contributed by atoms with Gasteiger partial charge in [0.2, 0.25) is 0 Å². The Morgan fingerprint density at radius 2 is 1.75 bits per heavy atom. The van der Waals surface area contributed by atoms with Gasteiger partial charge in [0, 0.05) is 12.1 Å². The van der Waals surface area contributed by atoms with Crippen molar-refractivity contribution in [2.24, 2.45) is 11.7 Å². The van der Waals surface area contributed by atoms with Crippen LogP contribution < -0.4 is 16.2 Å². The van der Waals surface area contributed by atoms with Crippen LogP contribution in [0.25, 0.3) is 11.3 Å². The fourth-order valence-electron chi connectivity index (χ4n) is 2.78. The lowest BCUT2D eigenvalue weighted by Crippen LogP contribution is -2.15. The monoisotopic (exact) mass is 386 g/mol. The van der Waals surface area contributed by atoms with Crippen LogP contribution in [0.15, 0.2) is 42.5 Å². The number of nitrogens with zero attached hydrogens (tertiary/aromatic N) is 2. The molecule has 1 amide bonds. The highest BCUT2D eigenvalue weighted by molar-refractivity contribution is 6.03. The molecule has 0 spiro atoms. The molecule has 0 aliphatic rings. The van der Waals surface area contributed by atoms with E-state index in [1.807, 2.05) is 13.8 Å². The molecule has 4 N–H and O–H groups in total. The first-order valence-electron chi connectivity index (χ1n) is 8.66. The van der Waals surface area contributed by atoms with Crippen LogP contribution in [0.2, 0.25) is 0 Å². The molecule has 3 rings (SSSR count). The largest absolute Gasteiger partial charge is 0.451 e. The van der Waals surface area contributed by atoms with E-state index in [1.165, 1.54) is 18.2 Å². The van der Waals surface area contributed by atoms with Gasteiger partial charge in [-0.05, 0) is 42.3 Å². The number of nitrogen functional groups attached to an aromatic ring is 1. The molecule has 2 aromatic carbocycles. The Kier molecular flexibility index (Phi) is 5.30. The number of nitrogens with two attached hydrogens (primary N) is 2. The summed E-state index contributed by atoms with van der Waals surface area (Å²) in [6.45, 7) is 4.53. The van der Waals surface area contributed by atoms with Gasteiger partial charge < -0.3 is 16.2 Å². The van der Waals surface area contributed by atoms with Gasteiger partial charge >= 0.3 is 0 Å². The quantitative estimate of drug-likeness (QED) is 0.670. The summed E-state index contributed by atoms with van der Waals surface area (Å²) in [7, 11) is 0. The van der Waals surface area contributed by atoms with Gasteiger partial charge in [-0.25, -0.2) is 13.5 Å². The SMILES string of the molecule is CC(C)Cn1nc(-c2ccc(Oc3c(F)cccc3F)cc2)c(C(N)=O)c1N.